The van der Waals surface area contributed by atoms with Crippen LogP contribution >= 0.6 is 0 Å². The van der Waals surface area contributed by atoms with Gasteiger partial charge in [0.15, 0.2) is 5.41 Å². The first kappa shape index (κ1) is 16.1. The van der Waals surface area contributed by atoms with Gasteiger partial charge in [-0.15, -0.1) is 0 Å². The highest BCUT2D eigenvalue weighted by atomic mass is 16.6. The van der Waals surface area contributed by atoms with Gasteiger partial charge in [-0.1, -0.05) is 12.2 Å². The summed E-state index contributed by atoms with van der Waals surface area (Å²) in [5, 5.41) is 0. The van der Waals surface area contributed by atoms with Crippen LogP contribution in [-0.4, -0.2) is 36.4 Å². The van der Waals surface area contributed by atoms with Crippen molar-refractivity contribution in [2.75, 3.05) is 13.2 Å². The Morgan fingerprint density at radius 1 is 1.42 bits per heavy atom. The van der Waals surface area contributed by atoms with Crippen molar-refractivity contribution < 1.29 is 23.8 Å². The molecule has 4 aliphatic rings. The molecule has 0 radical (unpaired) electrons. The van der Waals surface area contributed by atoms with E-state index in [0.717, 1.165) is 32.1 Å². The molecule has 4 rings (SSSR count). The van der Waals surface area contributed by atoms with Crippen LogP contribution in [0.15, 0.2) is 12.2 Å². The van der Waals surface area contributed by atoms with Gasteiger partial charge in [-0.25, -0.2) is 0 Å². The molecular formula is C19H26O5. The molecule has 3 fully saturated rings. The Labute approximate surface area is 142 Å². The zero-order chi connectivity index (χ0) is 17.0. The first-order valence-corrected chi connectivity index (χ1v) is 9.21. The molecule has 24 heavy (non-hydrogen) atoms. The summed E-state index contributed by atoms with van der Waals surface area (Å²) < 4.78 is 17.5. The van der Waals surface area contributed by atoms with Crippen molar-refractivity contribution >= 4 is 11.9 Å². The maximum atomic E-state index is 12.7. The molecule has 2 saturated carbocycles. The molecule has 1 unspecified atom stereocenters. The standard InChI is InChI=1S/C19H26O5/c1-3-22-15(20)18-11-14-9-10-17(2,24-16(18)21)19(14,18)23-12-13-7-5-4-6-8-13/h5,7,13-14H,3-4,6,8-12H2,1-2H3/t13?,14-,17-,18+,19-/m1/s1. The minimum atomic E-state index is -1.25. The third-order valence-electron chi connectivity index (χ3n) is 6.69. The Balaban J connectivity index is 1.66. The minimum Gasteiger partial charge on any atom is -0.465 e. The largest absolute Gasteiger partial charge is 0.465 e. The number of hydrogen-bond acceptors (Lipinski definition) is 5. The predicted octanol–water partition coefficient (Wildman–Crippen LogP) is 2.78. The molecule has 0 N–H and O–H groups in total. The van der Waals surface area contributed by atoms with Gasteiger partial charge in [0, 0.05) is 5.92 Å². The van der Waals surface area contributed by atoms with Crippen molar-refractivity contribution in [1.82, 2.24) is 0 Å². The lowest BCUT2D eigenvalue weighted by molar-refractivity contribution is -0.247. The monoisotopic (exact) mass is 334 g/mol. The van der Waals surface area contributed by atoms with Crippen molar-refractivity contribution in [3.63, 3.8) is 0 Å². The quantitative estimate of drug-likeness (QED) is 0.439. The van der Waals surface area contributed by atoms with Crippen LogP contribution in [0.4, 0.5) is 0 Å². The summed E-state index contributed by atoms with van der Waals surface area (Å²) in [5.74, 6) is -0.354. The summed E-state index contributed by atoms with van der Waals surface area (Å²) in [4.78, 5) is 25.4. The van der Waals surface area contributed by atoms with Crippen LogP contribution in [-0.2, 0) is 23.8 Å². The normalized spacial score (nSPS) is 45.5. The molecule has 0 aromatic heterocycles. The highest BCUT2D eigenvalue weighted by Crippen LogP contribution is 2.73. The number of rotatable bonds is 5. The fourth-order valence-electron chi connectivity index (χ4n) is 5.59. The van der Waals surface area contributed by atoms with Crippen LogP contribution in [0.2, 0.25) is 0 Å². The lowest BCUT2D eigenvalue weighted by Crippen LogP contribution is -2.72. The summed E-state index contributed by atoms with van der Waals surface area (Å²) >= 11 is 0. The van der Waals surface area contributed by atoms with E-state index in [-0.39, 0.29) is 12.5 Å². The first-order chi connectivity index (χ1) is 11.5. The highest BCUT2D eigenvalue weighted by Gasteiger charge is 2.89. The zero-order valence-corrected chi connectivity index (χ0v) is 14.5. The van der Waals surface area contributed by atoms with Crippen molar-refractivity contribution in [2.24, 2.45) is 17.3 Å². The summed E-state index contributed by atoms with van der Waals surface area (Å²) in [6.45, 7) is 4.50. The second-order valence-electron chi connectivity index (χ2n) is 7.85. The van der Waals surface area contributed by atoms with E-state index >= 15 is 0 Å². The van der Waals surface area contributed by atoms with Crippen molar-refractivity contribution in [3.05, 3.63) is 12.2 Å². The molecule has 5 nitrogen and oxygen atoms in total. The van der Waals surface area contributed by atoms with Gasteiger partial charge >= 0.3 is 11.9 Å². The van der Waals surface area contributed by atoms with Crippen molar-refractivity contribution in [3.8, 4) is 0 Å². The SMILES string of the molecule is CCOC(=O)[C@@]12C[C@H]3CC[C@@](C)(OC1=O)[C@]32OCC1C=CCCC1. The topological polar surface area (TPSA) is 61.8 Å². The average Bonchev–Trinajstić information content (AvgIpc) is 2.83. The van der Waals surface area contributed by atoms with Gasteiger partial charge in [0.05, 0.1) is 13.2 Å². The fraction of sp³-hybridized carbons (Fsp3) is 0.789. The van der Waals surface area contributed by atoms with Crippen LogP contribution in [0.1, 0.15) is 52.4 Å². The van der Waals surface area contributed by atoms with Gasteiger partial charge in [0.25, 0.3) is 0 Å². The fourth-order valence-corrected chi connectivity index (χ4v) is 5.59. The Bertz CT molecular complexity index is 599. The van der Waals surface area contributed by atoms with E-state index in [9.17, 15) is 9.59 Å². The van der Waals surface area contributed by atoms with Gasteiger partial charge in [0.2, 0.25) is 0 Å². The number of esters is 2. The van der Waals surface area contributed by atoms with Crippen LogP contribution in [0.25, 0.3) is 0 Å². The molecule has 1 saturated heterocycles. The first-order valence-electron chi connectivity index (χ1n) is 9.21. The summed E-state index contributed by atoms with van der Waals surface area (Å²) in [5.41, 5.74) is -2.80. The van der Waals surface area contributed by atoms with Crippen LogP contribution < -0.4 is 0 Å². The predicted molar refractivity (Wildman–Crippen MR) is 86.1 cm³/mol. The highest BCUT2D eigenvalue weighted by molar-refractivity contribution is 6.06. The second kappa shape index (κ2) is 5.32. The maximum Gasteiger partial charge on any atom is 0.327 e. The Kier molecular flexibility index (Phi) is 3.57. The molecule has 5 atom stereocenters. The molecule has 132 valence electrons. The molecule has 0 amide bonds. The summed E-state index contributed by atoms with van der Waals surface area (Å²) in [6.07, 6.45) is 9.97. The Morgan fingerprint density at radius 2 is 2.25 bits per heavy atom. The number of hydrogen-bond donors (Lipinski definition) is 0. The van der Waals surface area contributed by atoms with Gasteiger partial charge < -0.3 is 14.2 Å². The molecule has 0 bridgehead atoms. The Hall–Kier alpha value is -1.36. The molecule has 3 aliphatic carbocycles. The van der Waals surface area contributed by atoms with Crippen molar-refractivity contribution in [2.45, 2.75) is 63.6 Å². The van der Waals surface area contributed by atoms with Gasteiger partial charge in [-0.2, -0.15) is 0 Å². The zero-order valence-electron chi connectivity index (χ0n) is 14.5. The second-order valence-corrected chi connectivity index (χ2v) is 7.85. The molecule has 0 aromatic rings. The summed E-state index contributed by atoms with van der Waals surface area (Å²) in [6, 6.07) is 0. The third kappa shape index (κ3) is 1.74. The molecule has 0 spiro atoms. The van der Waals surface area contributed by atoms with E-state index in [1.165, 1.54) is 0 Å². The van der Waals surface area contributed by atoms with Gasteiger partial charge in [0.1, 0.15) is 11.2 Å². The van der Waals surface area contributed by atoms with Gasteiger partial charge in [-0.05, 0) is 58.3 Å². The number of carbonyl (C=O) groups excluding carboxylic acids is 2. The van der Waals surface area contributed by atoms with Crippen LogP contribution in [0.3, 0.4) is 0 Å². The van der Waals surface area contributed by atoms with E-state index in [2.05, 4.69) is 12.2 Å². The smallest absolute Gasteiger partial charge is 0.327 e. The number of allylic oxidation sites excluding steroid dienone is 1. The van der Waals surface area contributed by atoms with Crippen LogP contribution in [0.5, 0.6) is 0 Å². The van der Waals surface area contributed by atoms with E-state index in [0.29, 0.717) is 18.9 Å². The van der Waals surface area contributed by atoms with E-state index in [1.54, 1.807) is 6.92 Å². The summed E-state index contributed by atoms with van der Waals surface area (Å²) in [7, 11) is 0. The van der Waals surface area contributed by atoms with Gasteiger partial charge in [-0.3, -0.25) is 9.59 Å². The number of ether oxygens (including phenoxy) is 3. The lowest BCUT2D eigenvalue weighted by atomic mass is 9.49. The molecule has 1 aliphatic heterocycles. The van der Waals surface area contributed by atoms with E-state index in [4.69, 9.17) is 14.2 Å². The minimum absolute atomic E-state index is 0.200. The molecular weight excluding hydrogens is 308 g/mol. The molecule has 1 heterocycles. The van der Waals surface area contributed by atoms with E-state index < -0.39 is 28.6 Å². The maximum absolute atomic E-state index is 12.7. The molecule has 5 heteroatoms. The lowest BCUT2D eigenvalue weighted by Gasteiger charge is -2.55. The third-order valence-corrected chi connectivity index (χ3v) is 6.69. The van der Waals surface area contributed by atoms with Crippen molar-refractivity contribution in [1.29, 1.82) is 0 Å². The van der Waals surface area contributed by atoms with E-state index in [1.807, 2.05) is 6.92 Å². The Morgan fingerprint density at radius 3 is 2.96 bits per heavy atom. The molecule has 0 aromatic carbocycles. The average molecular weight is 334 g/mol. The number of carbonyl (C=O) groups is 2. The van der Waals surface area contributed by atoms with Crippen LogP contribution in [0, 0.1) is 17.3 Å².